The normalized spacial score (nSPS) is 11.4. The van der Waals surface area contributed by atoms with Gasteiger partial charge in [-0.1, -0.05) is 33.8 Å². The Morgan fingerprint density at radius 1 is 1.25 bits per heavy atom. The highest BCUT2D eigenvalue weighted by Crippen LogP contribution is 2.31. The molecule has 0 saturated heterocycles. The zero-order valence-corrected chi connectivity index (χ0v) is 16.3. The minimum Gasteiger partial charge on any atom is -0.507 e. The number of anilines is 1. The molecule has 0 saturated carbocycles. The number of nitrogens with zero attached hydrogens (tertiary/aromatic N) is 2. The van der Waals surface area contributed by atoms with Crippen molar-refractivity contribution >= 4 is 39.3 Å². The molecule has 11 heteroatoms. The quantitative estimate of drug-likeness (QED) is 0.468. The second kappa shape index (κ2) is 8.23. The Balaban J connectivity index is 1.61. The van der Waals surface area contributed by atoms with Gasteiger partial charge in [-0.25, -0.2) is 4.98 Å². The van der Waals surface area contributed by atoms with E-state index in [0.717, 1.165) is 28.4 Å². The number of benzene rings is 2. The molecular formula is C17H12BrF3N4O2S. The zero-order chi connectivity index (χ0) is 20.3. The van der Waals surface area contributed by atoms with Crippen molar-refractivity contribution in [2.45, 2.75) is 11.3 Å². The number of phenolic OH excluding ortho intramolecular Hbond substituents is 1. The SMILES string of the molecule is O=C(CSc1n[nH]c(-c2cc(Br)ccc2O)n1)Nc1cccc(C(F)(F)F)c1. The van der Waals surface area contributed by atoms with Crippen molar-refractivity contribution in [2.75, 3.05) is 11.1 Å². The van der Waals surface area contributed by atoms with Crippen LogP contribution in [-0.4, -0.2) is 31.9 Å². The largest absolute Gasteiger partial charge is 0.507 e. The van der Waals surface area contributed by atoms with Crippen LogP contribution in [0.15, 0.2) is 52.1 Å². The number of hydrogen-bond donors (Lipinski definition) is 3. The number of aromatic hydroxyl groups is 1. The molecule has 6 nitrogen and oxygen atoms in total. The first-order valence-electron chi connectivity index (χ1n) is 7.73. The molecule has 0 atom stereocenters. The van der Waals surface area contributed by atoms with Gasteiger partial charge in [0.15, 0.2) is 5.82 Å². The van der Waals surface area contributed by atoms with Crippen LogP contribution in [-0.2, 0) is 11.0 Å². The number of halogens is 4. The van der Waals surface area contributed by atoms with Crippen molar-refractivity contribution < 1.29 is 23.1 Å². The fraction of sp³-hybridized carbons (Fsp3) is 0.118. The van der Waals surface area contributed by atoms with E-state index in [4.69, 9.17) is 0 Å². The molecule has 146 valence electrons. The average Bonchev–Trinajstić information content (AvgIpc) is 3.10. The van der Waals surface area contributed by atoms with Crippen LogP contribution in [0.3, 0.4) is 0 Å². The molecule has 0 fully saturated rings. The molecule has 0 unspecified atom stereocenters. The van der Waals surface area contributed by atoms with Crippen LogP contribution in [0.2, 0.25) is 0 Å². The van der Waals surface area contributed by atoms with Gasteiger partial charge >= 0.3 is 6.18 Å². The first-order chi connectivity index (χ1) is 13.2. The van der Waals surface area contributed by atoms with Crippen molar-refractivity contribution in [1.82, 2.24) is 15.2 Å². The zero-order valence-electron chi connectivity index (χ0n) is 13.9. The summed E-state index contributed by atoms with van der Waals surface area (Å²) in [5.41, 5.74) is -0.359. The van der Waals surface area contributed by atoms with Crippen LogP contribution in [0.25, 0.3) is 11.4 Å². The van der Waals surface area contributed by atoms with Gasteiger partial charge in [-0.3, -0.25) is 9.89 Å². The van der Waals surface area contributed by atoms with E-state index in [9.17, 15) is 23.1 Å². The molecule has 1 aromatic heterocycles. The van der Waals surface area contributed by atoms with Crippen molar-refractivity contribution in [2.24, 2.45) is 0 Å². The molecule has 0 aliphatic rings. The highest BCUT2D eigenvalue weighted by Gasteiger charge is 2.30. The Morgan fingerprint density at radius 3 is 2.79 bits per heavy atom. The molecule has 3 rings (SSSR count). The summed E-state index contributed by atoms with van der Waals surface area (Å²) < 4.78 is 38.9. The van der Waals surface area contributed by atoms with Crippen LogP contribution in [0.1, 0.15) is 5.56 Å². The van der Waals surface area contributed by atoms with Gasteiger partial charge in [0.1, 0.15) is 5.75 Å². The molecular weight excluding hydrogens is 461 g/mol. The lowest BCUT2D eigenvalue weighted by Crippen LogP contribution is -2.15. The smallest absolute Gasteiger partial charge is 0.416 e. The summed E-state index contributed by atoms with van der Waals surface area (Å²) in [6.45, 7) is 0. The number of phenols is 1. The molecule has 0 bridgehead atoms. The molecule has 1 amide bonds. The molecule has 0 radical (unpaired) electrons. The number of aromatic amines is 1. The van der Waals surface area contributed by atoms with Gasteiger partial charge in [0, 0.05) is 10.2 Å². The lowest BCUT2D eigenvalue weighted by Gasteiger charge is -2.09. The number of H-pyrrole nitrogens is 1. The van der Waals surface area contributed by atoms with Crippen molar-refractivity contribution in [3.05, 3.63) is 52.5 Å². The molecule has 2 aromatic carbocycles. The van der Waals surface area contributed by atoms with Crippen LogP contribution in [0, 0.1) is 0 Å². The Kier molecular flexibility index (Phi) is 5.94. The summed E-state index contributed by atoms with van der Waals surface area (Å²) in [6.07, 6.45) is -4.48. The molecule has 28 heavy (non-hydrogen) atoms. The van der Waals surface area contributed by atoms with Crippen LogP contribution in [0.5, 0.6) is 5.75 Å². The van der Waals surface area contributed by atoms with Crippen LogP contribution < -0.4 is 5.32 Å². The molecule has 0 aliphatic heterocycles. The van der Waals surface area contributed by atoms with E-state index < -0.39 is 17.6 Å². The summed E-state index contributed by atoms with van der Waals surface area (Å²) in [6, 6.07) is 9.21. The monoisotopic (exact) mass is 472 g/mol. The minimum atomic E-state index is -4.48. The summed E-state index contributed by atoms with van der Waals surface area (Å²) >= 11 is 4.30. The second-order valence-corrected chi connectivity index (χ2v) is 7.40. The Bertz CT molecular complexity index is 1010. The Hall–Kier alpha value is -2.53. The van der Waals surface area contributed by atoms with E-state index in [-0.39, 0.29) is 22.3 Å². The van der Waals surface area contributed by atoms with Gasteiger partial charge < -0.3 is 10.4 Å². The maximum Gasteiger partial charge on any atom is 0.416 e. The highest BCUT2D eigenvalue weighted by molar-refractivity contribution is 9.10. The Morgan fingerprint density at radius 2 is 2.04 bits per heavy atom. The van der Waals surface area contributed by atoms with Gasteiger partial charge in [-0.05, 0) is 36.4 Å². The highest BCUT2D eigenvalue weighted by atomic mass is 79.9. The van der Waals surface area contributed by atoms with E-state index >= 15 is 0 Å². The van der Waals surface area contributed by atoms with E-state index in [1.54, 1.807) is 12.1 Å². The van der Waals surface area contributed by atoms with E-state index in [2.05, 4.69) is 36.4 Å². The van der Waals surface area contributed by atoms with Gasteiger partial charge in [0.05, 0.1) is 16.9 Å². The van der Waals surface area contributed by atoms with Crippen LogP contribution in [0.4, 0.5) is 18.9 Å². The third-order valence-electron chi connectivity index (χ3n) is 3.48. The summed E-state index contributed by atoms with van der Waals surface area (Å²) in [5, 5.41) is 19.2. The Labute approximate surface area is 169 Å². The predicted octanol–water partition coefficient (Wildman–Crippen LogP) is 4.69. The van der Waals surface area contributed by atoms with Gasteiger partial charge in [0.2, 0.25) is 11.1 Å². The number of nitrogens with one attached hydrogen (secondary N) is 2. The fourth-order valence-electron chi connectivity index (χ4n) is 2.23. The van der Waals surface area contributed by atoms with Crippen molar-refractivity contribution in [3.63, 3.8) is 0 Å². The fourth-order valence-corrected chi connectivity index (χ4v) is 3.19. The summed E-state index contributed by atoms with van der Waals surface area (Å²) in [7, 11) is 0. The number of hydrogen-bond acceptors (Lipinski definition) is 5. The number of alkyl halides is 3. The number of carbonyl (C=O) groups is 1. The summed E-state index contributed by atoms with van der Waals surface area (Å²) in [5.74, 6) is -0.267. The molecule has 1 heterocycles. The van der Waals surface area contributed by atoms with E-state index in [1.165, 1.54) is 18.2 Å². The number of carbonyl (C=O) groups excluding carboxylic acids is 1. The molecule has 3 N–H and O–H groups in total. The van der Waals surface area contributed by atoms with Gasteiger partial charge in [0.25, 0.3) is 0 Å². The minimum absolute atomic E-state index is 0.0122. The molecule has 0 spiro atoms. The van der Waals surface area contributed by atoms with E-state index in [1.807, 2.05) is 0 Å². The van der Waals surface area contributed by atoms with Crippen LogP contribution >= 0.6 is 27.7 Å². The topological polar surface area (TPSA) is 90.9 Å². The first-order valence-corrected chi connectivity index (χ1v) is 9.51. The lowest BCUT2D eigenvalue weighted by molar-refractivity contribution is -0.137. The molecule has 0 aliphatic carbocycles. The number of rotatable bonds is 5. The first kappa shape index (κ1) is 20.2. The van der Waals surface area contributed by atoms with Gasteiger partial charge in [-0.2, -0.15) is 13.2 Å². The van der Waals surface area contributed by atoms with E-state index in [0.29, 0.717) is 11.4 Å². The number of thioether (sulfide) groups is 1. The second-order valence-electron chi connectivity index (χ2n) is 5.54. The third kappa shape index (κ3) is 5.04. The third-order valence-corrected chi connectivity index (χ3v) is 4.83. The standard InChI is InChI=1S/C17H12BrF3N4O2S/c18-10-4-5-13(26)12(7-10)15-23-16(25-24-15)28-8-14(27)22-11-3-1-2-9(6-11)17(19,20)21/h1-7,26H,8H2,(H,22,27)(H,23,24,25). The lowest BCUT2D eigenvalue weighted by atomic mass is 10.2. The maximum absolute atomic E-state index is 12.7. The van der Waals surface area contributed by atoms with Crippen molar-refractivity contribution in [1.29, 1.82) is 0 Å². The average molecular weight is 473 g/mol. The molecule has 3 aromatic rings. The van der Waals surface area contributed by atoms with Gasteiger partial charge in [-0.15, -0.1) is 5.10 Å². The number of aromatic nitrogens is 3. The summed E-state index contributed by atoms with van der Waals surface area (Å²) in [4.78, 5) is 16.2. The van der Waals surface area contributed by atoms with Crippen molar-refractivity contribution in [3.8, 4) is 17.1 Å². The number of amides is 1. The maximum atomic E-state index is 12.7. The predicted molar refractivity (Wildman–Crippen MR) is 102 cm³/mol.